The lowest BCUT2D eigenvalue weighted by Gasteiger charge is -2.39. The van der Waals surface area contributed by atoms with Gasteiger partial charge in [0, 0.05) is 6.54 Å². The first-order chi connectivity index (χ1) is 14.1. The third-order valence-corrected chi connectivity index (χ3v) is 5.00. The van der Waals surface area contributed by atoms with E-state index in [1.54, 1.807) is 30.3 Å². The van der Waals surface area contributed by atoms with Gasteiger partial charge in [-0.1, -0.05) is 30.3 Å². The van der Waals surface area contributed by atoms with Gasteiger partial charge in [0.15, 0.2) is 0 Å². The van der Waals surface area contributed by atoms with Crippen LogP contribution in [0.5, 0.6) is 0 Å². The van der Waals surface area contributed by atoms with Crippen LogP contribution in [-0.2, 0) is 28.5 Å². The lowest BCUT2D eigenvalue weighted by molar-refractivity contribution is -0.143. The number of piperidine rings is 1. The number of hydrogen-bond acceptors (Lipinski definition) is 2. The highest BCUT2D eigenvalue weighted by Gasteiger charge is 2.37. The van der Waals surface area contributed by atoms with Crippen molar-refractivity contribution in [2.45, 2.75) is 43.9 Å². The lowest BCUT2D eigenvalue weighted by atomic mass is 9.92. The number of likely N-dealkylation sites (tertiary alicyclic amines) is 1. The van der Waals surface area contributed by atoms with Crippen molar-refractivity contribution in [1.82, 2.24) is 4.90 Å². The highest BCUT2D eigenvalue weighted by atomic mass is 19.4. The Bertz CT molecular complexity index is 834. The zero-order chi connectivity index (χ0) is 21.9. The van der Waals surface area contributed by atoms with Crippen molar-refractivity contribution in [1.29, 1.82) is 0 Å². The van der Waals surface area contributed by atoms with Crippen molar-refractivity contribution >= 4 is 6.41 Å². The standard InChI is InChI=1S/C21H19F6NO2/c22-20(23,24)16-9-14(10-17(11-16)21(25,26)27)12-30-18-7-4-8-28(13-29)19(18)15-5-2-1-3-6-15/h1-3,5-6,9-11,13,18-19H,4,7-8,12H2. The maximum atomic E-state index is 13.1. The number of ether oxygens (including phenoxy) is 1. The largest absolute Gasteiger partial charge is 0.416 e. The molecule has 162 valence electrons. The van der Waals surface area contributed by atoms with Crippen LogP contribution in [0, 0.1) is 0 Å². The van der Waals surface area contributed by atoms with Crippen LogP contribution in [0.25, 0.3) is 0 Å². The van der Waals surface area contributed by atoms with Gasteiger partial charge in [0.1, 0.15) is 0 Å². The molecule has 1 amide bonds. The topological polar surface area (TPSA) is 29.5 Å². The molecular formula is C21H19F6NO2. The summed E-state index contributed by atoms with van der Waals surface area (Å²) in [5, 5.41) is 0. The molecule has 0 aliphatic carbocycles. The Labute approximate surface area is 169 Å². The molecule has 9 heteroatoms. The molecule has 30 heavy (non-hydrogen) atoms. The Hall–Kier alpha value is -2.55. The Morgan fingerprint density at radius 3 is 2.10 bits per heavy atom. The first kappa shape index (κ1) is 22.1. The molecule has 0 radical (unpaired) electrons. The van der Waals surface area contributed by atoms with Gasteiger partial charge in [-0.2, -0.15) is 26.3 Å². The van der Waals surface area contributed by atoms with E-state index in [0.29, 0.717) is 37.9 Å². The highest BCUT2D eigenvalue weighted by molar-refractivity contribution is 5.49. The van der Waals surface area contributed by atoms with Crippen molar-refractivity contribution in [3.05, 3.63) is 70.8 Å². The third kappa shape index (κ3) is 5.13. The highest BCUT2D eigenvalue weighted by Crippen LogP contribution is 2.37. The Morgan fingerprint density at radius 2 is 1.57 bits per heavy atom. The summed E-state index contributed by atoms with van der Waals surface area (Å²) in [4.78, 5) is 13.0. The Balaban J connectivity index is 1.86. The molecule has 0 saturated carbocycles. The average molecular weight is 431 g/mol. The number of carbonyl (C=O) groups excluding carboxylic acids is 1. The monoisotopic (exact) mass is 431 g/mol. The first-order valence-corrected chi connectivity index (χ1v) is 9.25. The molecule has 0 aromatic heterocycles. The molecule has 2 atom stereocenters. The third-order valence-electron chi connectivity index (χ3n) is 5.00. The number of nitrogens with zero attached hydrogens (tertiary/aromatic N) is 1. The fraction of sp³-hybridized carbons (Fsp3) is 0.381. The molecule has 0 N–H and O–H groups in total. The fourth-order valence-electron chi connectivity index (χ4n) is 3.64. The van der Waals surface area contributed by atoms with Gasteiger partial charge in [0.2, 0.25) is 6.41 Å². The molecule has 2 unspecified atom stereocenters. The zero-order valence-electron chi connectivity index (χ0n) is 15.7. The summed E-state index contributed by atoms with van der Waals surface area (Å²) in [5.41, 5.74) is -2.20. The number of halogens is 6. The van der Waals surface area contributed by atoms with Gasteiger partial charge in [-0.05, 0) is 42.2 Å². The lowest BCUT2D eigenvalue weighted by Crippen LogP contribution is -2.42. The number of rotatable bonds is 5. The molecule has 3 nitrogen and oxygen atoms in total. The van der Waals surface area contributed by atoms with Crippen LogP contribution in [0.4, 0.5) is 26.3 Å². The van der Waals surface area contributed by atoms with Gasteiger partial charge >= 0.3 is 12.4 Å². The summed E-state index contributed by atoms with van der Waals surface area (Å²) >= 11 is 0. The molecule has 1 heterocycles. The zero-order valence-corrected chi connectivity index (χ0v) is 15.7. The minimum absolute atomic E-state index is 0.0883. The van der Waals surface area contributed by atoms with E-state index in [-0.39, 0.29) is 11.6 Å². The van der Waals surface area contributed by atoms with Crippen LogP contribution in [0.2, 0.25) is 0 Å². The average Bonchev–Trinajstić information content (AvgIpc) is 2.71. The van der Waals surface area contributed by atoms with Crippen LogP contribution in [-0.4, -0.2) is 24.0 Å². The smallest absolute Gasteiger partial charge is 0.371 e. The van der Waals surface area contributed by atoms with Gasteiger partial charge in [0.25, 0.3) is 0 Å². The molecule has 1 aliphatic rings. The van der Waals surface area contributed by atoms with E-state index in [4.69, 9.17) is 4.74 Å². The van der Waals surface area contributed by atoms with Crippen molar-refractivity contribution < 1.29 is 35.9 Å². The van der Waals surface area contributed by atoms with Gasteiger partial charge in [-0.3, -0.25) is 4.79 Å². The van der Waals surface area contributed by atoms with E-state index >= 15 is 0 Å². The molecular weight excluding hydrogens is 412 g/mol. The summed E-state index contributed by atoms with van der Waals surface area (Å²) in [7, 11) is 0. The molecule has 2 aromatic carbocycles. The van der Waals surface area contributed by atoms with Gasteiger partial charge in [-0.15, -0.1) is 0 Å². The Morgan fingerprint density at radius 1 is 0.967 bits per heavy atom. The number of alkyl halides is 6. The predicted octanol–water partition coefficient (Wildman–Crippen LogP) is 5.60. The number of carbonyl (C=O) groups is 1. The second-order valence-electron chi connectivity index (χ2n) is 7.10. The second-order valence-corrected chi connectivity index (χ2v) is 7.10. The van der Waals surface area contributed by atoms with Gasteiger partial charge in [-0.25, -0.2) is 0 Å². The van der Waals surface area contributed by atoms with E-state index in [1.165, 1.54) is 4.90 Å². The van der Waals surface area contributed by atoms with Crippen LogP contribution in [0.15, 0.2) is 48.5 Å². The number of amides is 1. The molecule has 0 bridgehead atoms. The summed E-state index contributed by atoms with van der Waals surface area (Å²) in [5.74, 6) is 0. The maximum Gasteiger partial charge on any atom is 0.416 e. The van der Waals surface area contributed by atoms with E-state index in [9.17, 15) is 31.1 Å². The molecule has 1 fully saturated rings. The van der Waals surface area contributed by atoms with Crippen molar-refractivity contribution in [3.8, 4) is 0 Å². The quantitative estimate of drug-likeness (QED) is 0.456. The first-order valence-electron chi connectivity index (χ1n) is 9.25. The summed E-state index contributed by atoms with van der Waals surface area (Å²) in [6, 6.07) is 9.91. The second kappa shape index (κ2) is 8.67. The van der Waals surface area contributed by atoms with Crippen molar-refractivity contribution in [2.24, 2.45) is 0 Å². The van der Waals surface area contributed by atoms with Crippen molar-refractivity contribution in [2.75, 3.05) is 6.54 Å². The summed E-state index contributed by atoms with van der Waals surface area (Å²) < 4.78 is 84.1. The maximum absolute atomic E-state index is 13.1. The van der Waals surface area contributed by atoms with Crippen LogP contribution < -0.4 is 0 Å². The predicted molar refractivity (Wildman–Crippen MR) is 96.2 cm³/mol. The Kier molecular flexibility index (Phi) is 6.40. The molecule has 1 aliphatic heterocycles. The minimum Gasteiger partial charge on any atom is -0.371 e. The molecule has 1 saturated heterocycles. The van der Waals surface area contributed by atoms with E-state index in [2.05, 4.69) is 0 Å². The molecule has 2 aromatic rings. The van der Waals surface area contributed by atoms with Crippen LogP contribution in [0.1, 0.15) is 41.1 Å². The van der Waals surface area contributed by atoms with Crippen LogP contribution >= 0.6 is 0 Å². The minimum atomic E-state index is -4.91. The molecule has 0 spiro atoms. The number of benzene rings is 2. The van der Waals surface area contributed by atoms with E-state index in [1.807, 2.05) is 0 Å². The summed E-state index contributed by atoms with van der Waals surface area (Å²) in [6.45, 7) is 0.0540. The van der Waals surface area contributed by atoms with Gasteiger partial charge < -0.3 is 9.64 Å². The number of hydrogen-bond donors (Lipinski definition) is 0. The van der Waals surface area contributed by atoms with Gasteiger partial charge in [0.05, 0.1) is 29.9 Å². The fourth-order valence-corrected chi connectivity index (χ4v) is 3.64. The summed E-state index contributed by atoms with van der Waals surface area (Å²) in [6.07, 6.45) is -8.57. The van der Waals surface area contributed by atoms with E-state index in [0.717, 1.165) is 5.56 Å². The van der Waals surface area contributed by atoms with Crippen LogP contribution in [0.3, 0.4) is 0 Å². The molecule has 3 rings (SSSR count). The SMILES string of the molecule is O=CN1CCCC(OCc2cc(C(F)(F)F)cc(C(F)(F)F)c2)C1c1ccccc1. The van der Waals surface area contributed by atoms with Crippen molar-refractivity contribution in [3.63, 3.8) is 0 Å². The van der Waals surface area contributed by atoms with E-state index < -0.39 is 42.2 Å². The normalized spacial score (nSPS) is 20.3.